The first-order chi connectivity index (χ1) is 12.3. The second-order valence-corrected chi connectivity index (χ2v) is 6.24. The van der Waals surface area contributed by atoms with Gasteiger partial charge in [0.25, 0.3) is 0 Å². The average molecular weight is 348 g/mol. The minimum Gasteiger partial charge on any atom is -0.321 e. The van der Waals surface area contributed by atoms with E-state index in [1.54, 1.807) is 23.7 Å². The van der Waals surface area contributed by atoms with Gasteiger partial charge in [-0.25, -0.2) is 15.0 Å². The molecule has 0 saturated carbocycles. The lowest BCUT2D eigenvalue weighted by atomic mass is 10.2. The topological polar surface area (TPSA) is 68.5 Å². The molecule has 0 amide bonds. The second-order valence-electron chi connectivity index (χ2n) is 5.38. The lowest BCUT2D eigenvalue weighted by Gasteiger charge is -2.03. The van der Waals surface area contributed by atoms with Gasteiger partial charge in [-0.2, -0.15) is 5.10 Å². The summed E-state index contributed by atoms with van der Waals surface area (Å²) in [4.78, 5) is 13.5. The fourth-order valence-corrected chi connectivity index (χ4v) is 3.22. The molecule has 1 aromatic carbocycles. The molecule has 0 saturated heterocycles. The van der Waals surface area contributed by atoms with Gasteiger partial charge in [0, 0.05) is 29.9 Å². The molecule has 124 valence electrons. The maximum atomic E-state index is 4.70. The first-order valence-corrected chi connectivity index (χ1v) is 8.83. The van der Waals surface area contributed by atoms with Crippen LogP contribution in [0.15, 0.2) is 60.4 Å². The molecule has 6 nitrogen and oxygen atoms in total. The number of rotatable bonds is 5. The summed E-state index contributed by atoms with van der Waals surface area (Å²) >= 11 is 1.61. The van der Waals surface area contributed by atoms with Crippen LogP contribution in [0, 0.1) is 0 Å². The van der Waals surface area contributed by atoms with Crippen molar-refractivity contribution < 1.29 is 0 Å². The molecule has 0 spiro atoms. The van der Waals surface area contributed by atoms with Crippen LogP contribution < -0.4 is 5.32 Å². The zero-order valence-corrected chi connectivity index (χ0v) is 14.4. The first kappa shape index (κ1) is 15.5. The number of thiazole rings is 1. The van der Waals surface area contributed by atoms with Crippen molar-refractivity contribution >= 4 is 23.0 Å². The predicted molar refractivity (Wildman–Crippen MR) is 99.8 cm³/mol. The van der Waals surface area contributed by atoms with E-state index in [9.17, 15) is 0 Å². The van der Waals surface area contributed by atoms with Crippen molar-refractivity contribution in [2.45, 2.75) is 13.5 Å². The van der Waals surface area contributed by atoms with Crippen molar-refractivity contribution in [1.29, 1.82) is 0 Å². The highest BCUT2D eigenvalue weighted by atomic mass is 32.1. The Morgan fingerprint density at radius 3 is 2.76 bits per heavy atom. The van der Waals surface area contributed by atoms with E-state index in [1.807, 2.05) is 47.4 Å². The van der Waals surface area contributed by atoms with Crippen molar-refractivity contribution in [1.82, 2.24) is 24.7 Å². The Hall–Kier alpha value is -3.06. The summed E-state index contributed by atoms with van der Waals surface area (Å²) in [6.45, 7) is 2.87. The van der Waals surface area contributed by atoms with Crippen LogP contribution in [0.3, 0.4) is 0 Å². The summed E-state index contributed by atoms with van der Waals surface area (Å²) < 4.78 is 1.85. The summed E-state index contributed by atoms with van der Waals surface area (Å²) in [5.74, 6) is 0.530. The third-order valence-corrected chi connectivity index (χ3v) is 4.55. The summed E-state index contributed by atoms with van der Waals surface area (Å²) in [7, 11) is 0. The standard InChI is InChI=1S/C18H16N6S/c1-2-24-11-14(10-20-24)21-18-19-9-8-15(23-18)16-12-25-17(22-16)13-6-4-3-5-7-13/h3-12H,2H2,1H3,(H,19,21,23). The van der Waals surface area contributed by atoms with E-state index in [4.69, 9.17) is 4.98 Å². The molecule has 0 aliphatic rings. The molecule has 0 bridgehead atoms. The summed E-state index contributed by atoms with van der Waals surface area (Å²) in [5.41, 5.74) is 3.61. The lowest BCUT2D eigenvalue weighted by Crippen LogP contribution is -1.97. The molecule has 3 heterocycles. The quantitative estimate of drug-likeness (QED) is 0.584. The smallest absolute Gasteiger partial charge is 0.227 e. The number of aryl methyl sites for hydroxylation is 1. The third-order valence-electron chi connectivity index (χ3n) is 3.66. The zero-order valence-electron chi connectivity index (χ0n) is 13.6. The van der Waals surface area contributed by atoms with Gasteiger partial charge >= 0.3 is 0 Å². The Balaban J connectivity index is 1.58. The molecular formula is C18H16N6S. The van der Waals surface area contributed by atoms with Crippen molar-refractivity contribution in [3.8, 4) is 22.0 Å². The molecule has 0 atom stereocenters. The van der Waals surface area contributed by atoms with E-state index in [2.05, 4.69) is 32.5 Å². The maximum Gasteiger partial charge on any atom is 0.227 e. The highest BCUT2D eigenvalue weighted by Crippen LogP contribution is 2.28. The Morgan fingerprint density at radius 2 is 1.96 bits per heavy atom. The number of aromatic nitrogens is 5. The van der Waals surface area contributed by atoms with Gasteiger partial charge in [-0.05, 0) is 13.0 Å². The van der Waals surface area contributed by atoms with Crippen LogP contribution in [-0.2, 0) is 6.54 Å². The Morgan fingerprint density at radius 1 is 1.08 bits per heavy atom. The monoisotopic (exact) mass is 348 g/mol. The zero-order chi connectivity index (χ0) is 17.1. The van der Waals surface area contributed by atoms with Crippen LogP contribution in [0.5, 0.6) is 0 Å². The summed E-state index contributed by atoms with van der Waals surface area (Å²) in [6.07, 6.45) is 5.42. The van der Waals surface area contributed by atoms with E-state index in [1.165, 1.54) is 0 Å². The average Bonchev–Trinajstić information content (AvgIpc) is 3.32. The highest BCUT2D eigenvalue weighted by Gasteiger charge is 2.09. The number of hydrogen-bond donors (Lipinski definition) is 1. The molecule has 0 fully saturated rings. The summed E-state index contributed by atoms with van der Waals surface area (Å²) in [6, 6.07) is 12.0. The minimum atomic E-state index is 0.530. The van der Waals surface area contributed by atoms with E-state index < -0.39 is 0 Å². The number of hydrogen-bond acceptors (Lipinski definition) is 6. The first-order valence-electron chi connectivity index (χ1n) is 7.95. The van der Waals surface area contributed by atoms with Crippen molar-refractivity contribution in [2.75, 3.05) is 5.32 Å². The van der Waals surface area contributed by atoms with Crippen LogP contribution in [0.25, 0.3) is 22.0 Å². The largest absolute Gasteiger partial charge is 0.321 e. The SMILES string of the molecule is CCn1cc(Nc2nccc(-c3csc(-c4ccccc4)n3)n2)cn1. The van der Waals surface area contributed by atoms with E-state index >= 15 is 0 Å². The molecule has 4 rings (SSSR count). The Labute approximate surface area is 149 Å². The van der Waals surface area contributed by atoms with Gasteiger partial charge < -0.3 is 5.32 Å². The van der Waals surface area contributed by atoms with Crippen LogP contribution in [0.2, 0.25) is 0 Å². The lowest BCUT2D eigenvalue weighted by molar-refractivity contribution is 0.660. The van der Waals surface area contributed by atoms with Gasteiger partial charge in [0.2, 0.25) is 5.95 Å². The number of nitrogens with one attached hydrogen (secondary N) is 1. The van der Waals surface area contributed by atoms with Crippen molar-refractivity contribution in [3.05, 3.63) is 60.4 Å². The molecule has 7 heteroatoms. The fourth-order valence-electron chi connectivity index (χ4n) is 2.40. The van der Waals surface area contributed by atoms with Crippen molar-refractivity contribution in [3.63, 3.8) is 0 Å². The van der Waals surface area contributed by atoms with Crippen LogP contribution in [0.1, 0.15) is 6.92 Å². The molecule has 3 aromatic heterocycles. The minimum absolute atomic E-state index is 0.530. The van der Waals surface area contributed by atoms with Gasteiger partial charge in [-0.3, -0.25) is 4.68 Å². The Bertz CT molecular complexity index is 976. The van der Waals surface area contributed by atoms with Gasteiger partial charge in [0.05, 0.1) is 17.6 Å². The maximum absolute atomic E-state index is 4.70. The number of nitrogens with zero attached hydrogens (tertiary/aromatic N) is 5. The molecule has 0 aliphatic heterocycles. The predicted octanol–water partition coefficient (Wildman–Crippen LogP) is 4.23. The molecule has 4 aromatic rings. The van der Waals surface area contributed by atoms with Gasteiger partial charge in [0.15, 0.2) is 0 Å². The van der Waals surface area contributed by atoms with Crippen LogP contribution in [-0.4, -0.2) is 24.7 Å². The molecular weight excluding hydrogens is 332 g/mol. The van der Waals surface area contributed by atoms with Gasteiger partial charge in [-0.1, -0.05) is 30.3 Å². The summed E-state index contributed by atoms with van der Waals surface area (Å²) in [5, 5.41) is 10.4. The molecule has 0 aliphatic carbocycles. The van der Waals surface area contributed by atoms with Crippen molar-refractivity contribution in [2.24, 2.45) is 0 Å². The van der Waals surface area contributed by atoms with Crippen LogP contribution >= 0.6 is 11.3 Å². The number of anilines is 2. The van der Waals surface area contributed by atoms with E-state index in [0.717, 1.165) is 34.2 Å². The van der Waals surface area contributed by atoms with E-state index in [0.29, 0.717) is 5.95 Å². The second kappa shape index (κ2) is 6.82. The Kier molecular flexibility index (Phi) is 4.22. The molecule has 0 unspecified atom stereocenters. The normalized spacial score (nSPS) is 10.8. The molecule has 0 radical (unpaired) electrons. The molecule has 1 N–H and O–H groups in total. The van der Waals surface area contributed by atoms with Crippen LogP contribution in [0.4, 0.5) is 11.6 Å². The van der Waals surface area contributed by atoms with Gasteiger partial charge in [-0.15, -0.1) is 11.3 Å². The highest BCUT2D eigenvalue weighted by molar-refractivity contribution is 7.13. The number of benzene rings is 1. The van der Waals surface area contributed by atoms with E-state index in [-0.39, 0.29) is 0 Å². The molecule has 25 heavy (non-hydrogen) atoms. The third kappa shape index (κ3) is 3.41. The fraction of sp³-hybridized carbons (Fsp3) is 0.111. The van der Waals surface area contributed by atoms with Gasteiger partial charge in [0.1, 0.15) is 10.7 Å².